The molecular formula is C20H20Cl2N2O3. The summed E-state index contributed by atoms with van der Waals surface area (Å²) in [5.41, 5.74) is 1.39. The first-order valence-electron chi connectivity index (χ1n) is 8.77. The van der Waals surface area contributed by atoms with Crippen LogP contribution in [0.25, 0.3) is 0 Å². The maximum Gasteiger partial charge on any atom is 0.265 e. The van der Waals surface area contributed by atoms with Crippen LogP contribution in [0.2, 0.25) is 10.0 Å². The number of hydrogen-bond acceptors (Lipinski definition) is 3. The van der Waals surface area contributed by atoms with Gasteiger partial charge in [-0.3, -0.25) is 9.59 Å². The first-order chi connectivity index (χ1) is 12.9. The van der Waals surface area contributed by atoms with E-state index in [0.29, 0.717) is 34.4 Å². The second-order valence-corrected chi connectivity index (χ2v) is 7.22. The quantitative estimate of drug-likeness (QED) is 0.766. The number of anilines is 2. The third-order valence-corrected chi connectivity index (χ3v) is 4.85. The fraction of sp³-hybridized carbons (Fsp3) is 0.300. The molecule has 1 aliphatic heterocycles. The normalized spacial score (nSPS) is 15.4. The third-order valence-electron chi connectivity index (χ3n) is 4.32. The van der Waals surface area contributed by atoms with Crippen molar-refractivity contribution in [2.45, 2.75) is 32.3 Å². The highest BCUT2D eigenvalue weighted by atomic mass is 35.5. The number of hydrogen-bond donors (Lipinski definition) is 1. The molecule has 0 aliphatic carbocycles. The number of amides is 2. The molecule has 5 nitrogen and oxygen atoms in total. The predicted octanol–water partition coefficient (Wildman–Crippen LogP) is 4.92. The molecule has 7 heteroatoms. The van der Waals surface area contributed by atoms with Crippen molar-refractivity contribution in [3.63, 3.8) is 0 Å². The SMILES string of the molecule is CC(Oc1ccc(Cl)cc1Cl)C(=O)Nc1cccc(N2CCCCC2=O)c1. The number of rotatable bonds is 5. The first kappa shape index (κ1) is 19.5. The van der Waals surface area contributed by atoms with Gasteiger partial charge in [0.1, 0.15) is 5.75 Å². The number of carbonyl (C=O) groups excluding carboxylic acids is 2. The molecule has 1 N–H and O–H groups in total. The number of carbonyl (C=O) groups is 2. The van der Waals surface area contributed by atoms with Crippen LogP contribution in [0.4, 0.5) is 11.4 Å². The highest BCUT2D eigenvalue weighted by Crippen LogP contribution is 2.29. The molecule has 0 spiro atoms. The second-order valence-electron chi connectivity index (χ2n) is 6.38. The molecule has 2 aromatic rings. The average molecular weight is 407 g/mol. The summed E-state index contributed by atoms with van der Waals surface area (Å²) in [5, 5.41) is 3.65. The Hall–Kier alpha value is -2.24. The molecule has 0 radical (unpaired) electrons. The van der Waals surface area contributed by atoms with Gasteiger partial charge in [0, 0.05) is 29.4 Å². The van der Waals surface area contributed by atoms with E-state index < -0.39 is 6.10 Å². The Labute approximate surface area is 168 Å². The van der Waals surface area contributed by atoms with Gasteiger partial charge in [-0.15, -0.1) is 0 Å². The Morgan fingerprint density at radius 3 is 2.74 bits per heavy atom. The Morgan fingerprint density at radius 1 is 1.19 bits per heavy atom. The fourth-order valence-corrected chi connectivity index (χ4v) is 3.34. The standard InChI is InChI=1S/C20H20Cl2N2O3/c1-13(27-18-9-8-14(21)11-17(18)22)20(26)23-15-5-4-6-16(12-15)24-10-3-2-7-19(24)25/h4-6,8-9,11-13H,2-3,7,10H2,1H3,(H,23,26). The van der Waals surface area contributed by atoms with E-state index in [4.69, 9.17) is 27.9 Å². The lowest BCUT2D eigenvalue weighted by molar-refractivity contribution is -0.122. The summed E-state index contributed by atoms with van der Waals surface area (Å²) in [4.78, 5) is 26.3. The molecule has 2 amide bonds. The summed E-state index contributed by atoms with van der Waals surface area (Å²) in [6.45, 7) is 2.34. The van der Waals surface area contributed by atoms with Gasteiger partial charge in [0.2, 0.25) is 5.91 Å². The van der Waals surface area contributed by atoms with Crippen LogP contribution in [0, 0.1) is 0 Å². The molecule has 3 rings (SSSR count). The van der Waals surface area contributed by atoms with Crippen LogP contribution in [0.5, 0.6) is 5.75 Å². The van der Waals surface area contributed by atoms with Crippen molar-refractivity contribution < 1.29 is 14.3 Å². The Balaban J connectivity index is 1.66. The van der Waals surface area contributed by atoms with Crippen molar-refractivity contribution in [1.29, 1.82) is 0 Å². The van der Waals surface area contributed by atoms with Crippen LogP contribution < -0.4 is 15.0 Å². The van der Waals surface area contributed by atoms with Crippen LogP contribution >= 0.6 is 23.2 Å². The zero-order chi connectivity index (χ0) is 19.4. The molecule has 27 heavy (non-hydrogen) atoms. The molecule has 1 aliphatic rings. The topological polar surface area (TPSA) is 58.6 Å². The van der Waals surface area contributed by atoms with Gasteiger partial charge in [0.15, 0.2) is 6.10 Å². The second kappa shape index (κ2) is 8.63. The Kier molecular flexibility index (Phi) is 6.24. The van der Waals surface area contributed by atoms with Gasteiger partial charge in [0.05, 0.1) is 5.02 Å². The lowest BCUT2D eigenvalue weighted by atomic mass is 10.1. The van der Waals surface area contributed by atoms with Crippen molar-refractivity contribution in [2.75, 3.05) is 16.8 Å². The summed E-state index contributed by atoms with van der Waals surface area (Å²) in [5.74, 6) is 0.179. The number of halogens is 2. The number of nitrogens with zero attached hydrogens (tertiary/aromatic N) is 1. The van der Waals surface area contributed by atoms with E-state index in [1.165, 1.54) is 0 Å². The molecule has 1 saturated heterocycles. The minimum absolute atomic E-state index is 0.110. The highest BCUT2D eigenvalue weighted by molar-refractivity contribution is 6.35. The van der Waals surface area contributed by atoms with Crippen molar-refractivity contribution in [2.24, 2.45) is 0 Å². The lowest BCUT2D eigenvalue weighted by Crippen LogP contribution is -2.35. The van der Waals surface area contributed by atoms with Gasteiger partial charge in [-0.25, -0.2) is 0 Å². The summed E-state index contributed by atoms with van der Waals surface area (Å²) >= 11 is 11.9. The Bertz CT molecular complexity index is 857. The predicted molar refractivity (Wildman–Crippen MR) is 108 cm³/mol. The lowest BCUT2D eigenvalue weighted by Gasteiger charge is -2.27. The largest absolute Gasteiger partial charge is 0.479 e. The summed E-state index contributed by atoms with van der Waals surface area (Å²) in [7, 11) is 0. The van der Waals surface area contributed by atoms with Gasteiger partial charge in [-0.1, -0.05) is 29.3 Å². The summed E-state index contributed by atoms with van der Waals surface area (Å²) in [6.07, 6.45) is 1.70. The van der Waals surface area contributed by atoms with Crippen LogP contribution in [0.1, 0.15) is 26.2 Å². The van der Waals surface area contributed by atoms with E-state index in [9.17, 15) is 9.59 Å². The number of nitrogens with one attached hydrogen (secondary N) is 1. The van der Waals surface area contributed by atoms with Crippen LogP contribution in [-0.4, -0.2) is 24.5 Å². The van der Waals surface area contributed by atoms with Crippen LogP contribution in [0.15, 0.2) is 42.5 Å². The van der Waals surface area contributed by atoms with Gasteiger partial charge in [0.25, 0.3) is 5.91 Å². The van der Waals surface area contributed by atoms with E-state index in [2.05, 4.69) is 5.32 Å². The molecule has 1 heterocycles. The van der Waals surface area contributed by atoms with E-state index in [0.717, 1.165) is 18.5 Å². The minimum Gasteiger partial charge on any atom is -0.479 e. The maximum atomic E-state index is 12.5. The molecule has 142 valence electrons. The molecular weight excluding hydrogens is 387 g/mol. The van der Waals surface area contributed by atoms with E-state index in [-0.39, 0.29) is 11.8 Å². The van der Waals surface area contributed by atoms with E-state index in [1.807, 2.05) is 12.1 Å². The molecule has 1 unspecified atom stereocenters. The monoisotopic (exact) mass is 406 g/mol. The van der Waals surface area contributed by atoms with Gasteiger partial charge in [-0.05, 0) is 56.2 Å². The third kappa shape index (κ3) is 4.93. The zero-order valence-electron chi connectivity index (χ0n) is 14.9. The van der Waals surface area contributed by atoms with E-state index >= 15 is 0 Å². The van der Waals surface area contributed by atoms with Crippen molar-refractivity contribution in [1.82, 2.24) is 0 Å². The van der Waals surface area contributed by atoms with Crippen LogP contribution in [0.3, 0.4) is 0 Å². The summed E-state index contributed by atoms with van der Waals surface area (Å²) in [6, 6.07) is 12.1. The molecule has 2 aromatic carbocycles. The van der Waals surface area contributed by atoms with Gasteiger partial charge in [-0.2, -0.15) is 0 Å². The number of piperidine rings is 1. The maximum absolute atomic E-state index is 12.5. The van der Waals surface area contributed by atoms with Crippen LogP contribution in [-0.2, 0) is 9.59 Å². The minimum atomic E-state index is -0.760. The fourth-order valence-electron chi connectivity index (χ4n) is 2.89. The molecule has 0 bridgehead atoms. The van der Waals surface area contributed by atoms with Crippen molar-refractivity contribution in [3.8, 4) is 5.75 Å². The first-order valence-corrected chi connectivity index (χ1v) is 9.52. The smallest absolute Gasteiger partial charge is 0.265 e. The number of benzene rings is 2. The average Bonchev–Trinajstić information content (AvgIpc) is 2.64. The van der Waals surface area contributed by atoms with E-state index in [1.54, 1.807) is 42.2 Å². The molecule has 1 fully saturated rings. The van der Waals surface area contributed by atoms with Gasteiger partial charge >= 0.3 is 0 Å². The zero-order valence-corrected chi connectivity index (χ0v) is 16.4. The highest BCUT2D eigenvalue weighted by Gasteiger charge is 2.21. The van der Waals surface area contributed by atoms with Crippen molar-refractivity contribution in [3.05, 3.63) is 52.5 Å². The Morgan fingerprint density at radius 2 is 2.00 bits per heavy atom. The molecule has 1 atom stereocenters. The molecule has 0 saturated carbocycles. The van der Waals surface area contributed by atoms with Crippen molar-refractivity contribution >= 4 is 46.4 Å². The molecule has 0 aromatic heterocycles. The number of ether oxygens (including phenoxy) is 1. The van der Waals surface area contributed by atoms with Gasteiger partial charge < -0.3 is 15.0 Å². The summed E-state index contributed by atoms with van der Waals surface area (Å²) < 4.78 is 5.63.